The first-order chi connectivity index (χ1) is 12.1. The molecule has 1 aromatic heterocycles. The Morgan fingerprint density at radius 3 is 2.56 bits per heavy atom. The number of hydrogen-bond donors (Lipinski definition) is 0. The van der Waals surface area contributed by atoms with Gasteiger partial charge in [-0.2, -0.15) is 4.68 Å². The molecule has 1 saturated carbocycles. The highest BCUT2D eigenvalue weighted by atomic mass is 32.2. The second kappa shape index (κ2) is 7.86. The molecule has 1 fully saturated rings. The molecule has 134 valence electrons. The Bertz CT molecular complexity index is 811. The summed E-state index contributed by atoms with van der Waals surface area (Å²) in [6.07, 6.45) is 5.88. The van der Waals surface area contributed by atoms with Crippen LogP contribution >= 0.6 is 0 Å². The summed E-state index contributed by atoms with van der Waals surface area (Å²) in [5, 5.41) is 10.8. The third-order valence-electron chi connectivity index (χ3n) is 4.62. The Morgan fingerprint density at radius 1 is 1.12 bits per heavy atom. The second-order valence-corrected chi connectivity index (χ2v) is 8.44. The van der Waals surface area contributed by atoms with Gasteiger partial charge in [0.25, 0.3) is 5.16 Å². The fourth-order valence-electron chi connectivity index (χ4n) is 3.26. The first kappa shape index (κ1) is 17.7. The van der Waals surface area contributed by atoms with Crippen molar-refractivity contribution in [1.82, 2.24) is 20.2 Å². The van der Waals surface area contributed by atoms with Gasteiger partial charge in [0.2, 0.25) is 9.84 Å². The number of Topliss-reactive ketones (excluding diaryl/α,β-unsaturated/α-hetero) is 1. The molecule has 1 aliphatic rings. The maximum absolute atomic E-state index is 12.6. The molecule has 0 atom stereocenters. The smallest absolute Gasteiger partial charge is 0.272 e. The molecule has 25 heavy (non-hydrogen) atoms. The van der Waals surface area contributed by atoms with Crippen molar-refractivity contribution < 1.29 is 13.2 Å². The Hall–Kier alpha value is -2.09. The van der Waals surface area contributed by atoms with Crippen molar-refractivity contribution >= 4 is 15.6 Å². The van der Waals surface area contributed by atoms with Gasteiger partial charge in [-0.3, -0.25) is 4.79 Å². The summed E-state index contributed by atoms with van der Waals surface area (Å²) in [5.74, 6) is 0.183. The molecule has 8 heteroatoms. The van der Waals surface area contributed by atoms with Crippen LogP contribution in [-0.2, 0) is 14.6 Å². The highest BCUT2D eigenvalue weighted by Crippen LogP contribution is 2.26. The number of benzene rings is 1. The molecule has 1 heterocycles. The van der Waals surface area contributed by atoms with Gasteiger partial charge in [-0.25, -0.2) is 8.42 Å². The van der Waals surface area contributed by atoms with E-state index in [0.717, 1.165) is 25.7 Å². The van der Waals surface area contributed by atoms with Crippen LogP contribution in [0.3, 0.4) is 0 Å². The quantitative estimate of drug-likeness (QED) is 0.750. The lowest BCUT2D eigenvalue weighted by Crippen LogP contribution is -2.19. The van der Waals surface area contributed by atoms with E-state index in [1.165, 1.54) is 11.1 Å². The first-order valence-corrected chi connectivity index (χ1v) is 10.3. The lowest BCUT2D eigenvalue weighted by Gasteiger charge is -2.20. The molecule has 3 rings (SSSR count). The van der Waals surface area contributed by atoms with Crippen LogP contribution in [0.5, 0.6) is 0 Å². The molecule has 0 saturated heterocycles. The van der Waals surface area contributed by atoms with E-state index in [0.29, 0.717) is 18.5 Å². The molecule has 0 radical (unpaired) electrons. The van der Waals surface area contributed by atoms with Crippen molar-refractivity contribution in [3.63, 3.8) is 0 Å². The van der Waals surface area contributed by atoms with Crippen molar-refractivity contribution in [1.29, 1.82) is 0 Å². The van der Waals surface area contributed by atoms with Gasteiger partial charge in [0, 0.05) is 12.3 Å². The number of nitrogens with zero attached hydrogens (tertiary/aromatic N) is 4. The van der Waals surface area contributed by atoms with Crippen LogP contribution in [0.2, 0.25) is 0 Å². The van der Waals surface area contributed by atoms with Gasteiger partial charge in [0.15, 0.2) is 0 Å². The number of ketones is 1. The van der Waals surface area contributed by atoms with E-state index in [9.17, 15) is 13.2 Å². The van der Waals surface area contributed by atoms with Crippen molar-refractivity contribution in [3.8, 4) is 5.69 Å². The molecular formula is C17H22N4O3S. The highest BCUT2D eigenvalue weighted by Gasteiger charge is 2.25. The zero-order valence-electron chi connectivity index (χ0n) is 14.0. The molecule has 2 aromatic rings. The molecule has 0 amide bonds. The van der Waals surface area contributed by atoms with Gasteiger partial charge in [-0.15, -0.1) is 0 Å². The summed E-state index contributed by atoms with van der Waals surface area (Å²) in [7, 11) is -3.65. The normalized spacial score (nSPS) is 16.0. The van der Waals surface area contributed by atoms with Gasteiger partial charge >= 0.3 is 0 Å². The third-order valence-corrected chi connectivity index (χ3v) is 6.25. The molecule has 0 aliphatic heterocycles. The van der Waals surface area contributed by atoms with E-state index in [2.05, 4.69) is 15.5 Å². The van der Waals surface area contributed by atoms with Crippen LogP contribution in [0, 0.1) is 5.92 Å². The topological polar surface area (TPSA) is 94.8 Å². The molecule has 1 aromatic carbocycles. The standard InChI is InChI=1S/C17H22N4O3S/c22-16(14-8-3-1-4-9-14)12-7-13-25(23,24)17-18-19-20-21(17)15-10-5-2-6-11-15/h2,5-6,10-11,14H,1,3-4,7-9,12-13H2. The largest absolute Gasteiger partial charge is 0.299 e. The van der Waals surface area contributed by atoms with Gasteiger partial charge in [-0.1, -0.05) is 42.6 Å². The van der Waals surface area contributed by atoms with E-state index in [-0.39, 0.29) is 22.6 Å². The maximum Gasteiger partial charge on any atom is 0.272 e. The van der Waals surface area contributed by atoms with Gasteiger partial charge in [0.1, 0.15) is 5.78 Å². The summed E-state index contributed by atoms with van der Waals surface area (Å²) < 4.78 is 26.4. The van der Waals surface area contributed by atoms with Crippen molar-refractivity contribution in [3.05, 3.63) is 30.3 Å². The molecular weight excluding hydrogens is 340 g/mol. The predicted molar refractivity (Wildman–Crippen MR) is 92.0 cm³/mol. The Kier molecular flexibility index (Phi) is 5.57. The molecule has 0 spiro atoms. The van der Waals surface area contributed by atoms with Crippen LogP contribution in [-0.4, -0.2) is 40.2 Å². The lowest BCUT2D eigenvalue weighted by atomic mass is 9.85. The molecule has 0 N–H and O–H groups in total. The van der Waals surface area contributed by atoms with Crippen molar-refractivity contribution in [2.24, 2.45) is 5.92 Å². The van der Waals surface area contributed by atoms with E-state index >= 15 is 0 Å². The summed E-state index contributed by atoms with van der Waals surface area (Å²) in [6.45, 7) is 0. The van der Waals surface area contributed by atoms with E-state index in [4.69, 9.17) is 0 Å². The number of rotatable bonds is 7. The number of carbonyl (C=O) groups excluding carboxylic acids is 1. The van der Waals surface area contributed by atoms with Gasteiger partial charge < -0.3 is 0 Å². The summed E-state index contributed by atoms with van der Waals surface area (Å²) in [6, 6.07) is 8.88. The maximum atomic E-state index is 12.6. The Labute approximate surface area is 147 Å². The fraction of sp³-hybridized carbons (Fsp3) is 0.529. The molecule has 1 aliphatic carbocycles. The van der Waals surface area contributed by atoms with Crippen LogP contribution in [0.1, 0.15) is 44.9 Å². The van der Waals surface area contributed by atoms with E-state index < -0.39 is 9.84 Å². The zero-order chi connectivity index (χ0) is 17.7. The average molecular weight is 362 g/mol. The summed E-state index contributed by atoms with van der Waals surface area (Å²) in [5.41, 5.74) is 0.587. The monoisotopic (exact) mass is 362 g/mol. The Morgan fingerprint density at radius 2 is 1.84 bits per heavy atom. The van der Waals surface area contributed by atoms with Crippen molar-refractivity contribution in [2.75, 3.05) is 5.75 Å². The van der Waals surface area contributed by atoms with Gasteiger partial charge in [0.05, 0.1) is 11.4 Å². The lowest BCUT2D eigenvalue weighted by molar-refractivity contribution is -0.123. The molecule has 7 nitrogen and oxygen atoms in total. The summed E-state index contributed by atoms with van der Waals surface area (Å²) >= 11 is 0. The van der Waals surface area contributed by atoms with Crippen LogP contribution in [0.25, 0.3) is 5.69 Å². The number of para-hydroxylation sites is 1. The van der Waals surface area contributed by atoms with Crippen LogP contribution in [0.4, 0.5) is 0 Å². The van der Waals surface area contributed by atoms with Gasteiger partial charge in [-0.05, 0) is 41.8 Å². The number of carbonyl (C=O) groups is 1. The minimum absolute atomic E-state index is 0.117. The zero-order valence-corrected chi connectivity index (χ0v) is 14.9. The number of hydrogen-bond acceptors (Lipinski definition) is 6. The second-order valence-electron chi connectivity index (χ2n) is 6.43. The van der Waals surface area contributed by atoms with Crippen LogP contribution < -0.4 is 0 Å². The molecule has 0 unspecified atom stereocenters. The van der Waals surface area contributed by atoms with E-state index in [1.54, 1.807) is 24.3 Å². The third kappa shape index (κ3) is 4.31. The average Bonchev–Trinajstić information content (AvgIpc) is 3.14. The number of aromatic nitrogens is 4. The minimum atomic E-state index is -3.65. The van der Waals surface area contributed by atoms with Crippen molar-refractivity contribution in [2.45, 2.75) is 50.1 Å². The Balaban J connectivity index is 1.63. The molecule has 0 bridgehead atoms. The number of tetrazole rings is 1. The summed E-state index contributed by atoms with van der Waals surface area (Å²) in [4.78, 5) is 12.2. The van der Waals surface area contributed by atoms with E-state index in [1.807, 2.05) is 6.07 Å². The first-order valence-electron chi connectivity index (χ1n) is 8.67. The SMILES string of the molecule is O=C(CCCS(=O)(=O)c1nnnn1-c1ccccc1)C1CCCCC1. The van der Waals surface area contributed by atoms with Crippen LogP contribution in [0.15, 0.2) is 35.5 Å². The number of sulfone groups is 1. The fourth-order valence-corrected chi connectivity index (χ4v) is 4.53. The minimum Gasteiger partial charge on any atom is -0.299 e. The highest BCUT2D eigenvalue weighted by molar-refractivity contribution is 7.91. The predicted octanol–water partition coefficient (Wildman–Crippen LogP) is 2.37.